The van der Waals surface area contributed by atoms with E-state index in [0.717, 1.165) is 10.1 Å². The molecule has 2 heterocycles. The Morgan fingerprint density at radius 2 is 1.90 bits per heavy atom. The van der Waals surface area contributed by atoms with Crippen molar-refractivity contribution in [2.75, 3.05) is 5.32 Å². The third-order valence-electron chi connectivity index (χ3n) is 5.25. The van der Waals surface area contributed by atoms with Crippen LogP contribution < -0.4 is 11.1 Å². The zero-order valence-electron chi connectivity index (χ0n) is 15.5. The number of pyridine rings is 1. The van der Waals surface area contributed by atoms with E-state index >= 15 is 0 Å². The third kappa shape index (κ3) is 3.84. The maximum Gasteiger partial charge on any atom is 0.319 e. The minimum absolute atomic E-state index is 0.181. The van der Waals surface area contributed by atoms with Gasteiger partial charge in [-0.15, -0.1) is 0 Å². The lowest BCUT2D eigenvalue weighted by Crippen LogP contribution is -2.31. The molecule has 0 spiro atoms. The van der Waals surface area contributed by atoms with E-state index in [4.69, 9.17) is 28.9 Å². The van der Waals surface area contributed by atoms with Gasteiger partial charge in [0.25, 0.3) is 0 Å². The van der Waals surface area contributed by atoms with Crippen LogP contribution >= 0.6 is 23.2 Å². The van der Waals surface area contributed by atoms with Gasteiger partial charge in [-0.3, -0.25) is 4.57 Å². The molecule has 0 aliphatic heterocycles. The van der Waals surface area contributed by atoms with Crippen LogP contribution in [0.1, 0.15) is 36.6 Å². The van der Waals surface area contributed by atoms with Gasteiger partial charge in [-0.1, -0.05) is 65.7 Å². The van der Waals surface area contributed by atoms with Crippen LogP contribution in [0.5, 0.6) is 0 Å². The van der Waals surface area contributed by atoms with Gasteiger partial charge in [0.15, 0.2) is 0 Å². The van der Waals surface area contributed by atoms with Gasteiger partial charge < -0.3 is 11.1 Å². The molecule has 4 rings (SSSR count). The van der Waals surface area contributed by atoms with Gasteiger partial charge in [0.2, 0.25) is 0 Å². The average Bonchev–Trinajstić information content (AvgIpc) is 3.00. The molecule has 0 unspecified atom stereocenters. The summed E-state index contributed by atoms with van der Waals surface area (Å²) in [4.78, 5) is 4.25. The SMILES string of the molecule is N[C@@H]1CC=CC[C@H]1c1c(Cl)c2nc(Cl)cc(NCc3ccccc3)c2n1C(F)F. The predicted octanol–water partition coefficient (Wildman–Crippen LogP) is 6.11. The first kappa shape index (κ1) is 20.1. The van der Waals surface area contributed by atoms with E-state index in [1.54, 1.807) is 6.07 Å². The first-order valence-corrected chi connectivity index (χ1v) is 10.1. The summed E-state index contributed by atoms with van der Waals surface area (Å²) in [7, 11) is 0. The van der Waals surface area contributed by atoms with Crippen LogP contribution in [-0.4, -0.2) is 15.6 Å². The minimum Gasteiger partial charge on any atom is -0.379 e. The summed E-state index contributed by atoms with van der Waals surface area (Å²) in [5.74, 6) is -0.323. The van der Waals surface area contributed by atoms with Crippen molar-refractivity contribution in [1.82, 2.24) is 9.55 Å². The number of hydrogen-bond donors (Lipinski definition) is 2. The Bertz CT molecular complexity index is 1050. The summed E-state index contributed by atoms with van der Waals surface area (Å²) < 4.78 is 29.5. The summed E-state index contributed by atoms with van der Waals surface area (Å²) in [5.41, 5.74) is 8.51. The molecule has 152 valence electrons. The van der Waals surface area contributed by atoms with E-state index in [0.29, 0.717) is 30.8 Å². The minimum atomic E-state index is -2.79. The normalized spacial score (nSPS) is 19.2. The number of allylic oxidation sites excluding steroid dienone is 1. The summed E-state index contributed by atoms with van der Waals surface area (Å²) in [6, 6.07) is 10.9. The molecule has 0 saturated heterocycles. The van der Waals surface area contributed by atoms with Gasteiger partial charge in [-0.25, -0.2) is 4.98 Å². The fraction of sp³-hybridized carbons (Fsp3) is 0.286. The Labute approximate surface area is 177 Å². The fourth-order valence-electron chi connectivity index (χ4n) is 3.87. The number of alkyl halides is 2. The number of anilines is 1. The van der Waals surface area contributed by atoms with E-state index in [2.05, 4.69) is 10.3 Å². The number of nitrogens with one attached hydrogen (secondary N) is 1. The number of rotatable bonds is 5. The Balaban J connectivity index is 1.86. The smallest absolute Gasteiger partial charge is 0.319 e. The summed E-state index contributed by atoms with van der Waals surface area (Å²) in [5, 5.41) is 3.58. The highest BCUT2D eigenvalue weighted by Gasteiger charge is 2.33. The largest absolute Gasteiger partial charge is 0.379 e. The molecule has 4 nitrogen and oxygen atoms in total. The molecule has 8 heteroatoms. The molecular weight excluding hydrogens is 417 g/mol. The molecule has 1 aromatic carbocycles. The van der Waals surface area contributed by atoms with Crippen molar-refractivity contribution in [2.45, 2.75) is 37.9 Å². The van der Waals surface area contributed by atoms with Crippen molar-refractivity contribution < 1.29 is 8.78 Å². The van der Waals surface area contributed by atoms with Crippen molar-refractivity contribution in [3.05, 3.63) is 70.0 Å². The molecule has 2 atom stereocenters. The van der Waals surface area contributed by atoms with Crippen molar-refractivity contribution in [1.29, 1.82) is 0 Å². The second kappa shape index (κ2) is 8.30. The summed E-state index contributed by atoms with van der Waals surface area (Å²) >= 11 is 12.8. The molecule has 1 aliphatic carbocycles. The number of fused-ring (bicyclic) bond motifs is 1. The summed E-state index contributed by atoms with van der Waals surface area (Å²) in [6.07, 6.45) is 5.07. The van der Waals surface area contributed by atoms with Gasteiger partial charge in [0.1, 0.15) is 10.7 Å². The molecule has 0 radical (unpaired) electrons. The lowest BCUT2D eigenvalue weighted by atomic mass is 9.87. The Morgan fingerprint density at radius 3 is 2.59 bits per heavy atom. The quantitative estimate of drug-likeness (QED) is 0.374. The van der Waals surface area contributed by atoms with Gasteiger partial charge in [0, 0.05) is 30.3 Å². The maximum atomic E-state index is 14.3. The number of hydrogen-bond acceptors (Lipinski definition) is 3. The first-order valence-electron chi connectivity index (χ1n) is 9.33. The van der Waals surface area contributed by atoms with E-state index in [1.165, 1.54) is 0 Å². The van der Waals surface area contributed by atoms with Crippen LogP contribution in [0, 0.1) is 0 Å². The number of halogens is 4. The van der Waals surface area contributed by atoms with Gasteiger partial charge in [0.05, 0.1) is 16.2 Å². The third-order valence-corrected chi connectivity index (χ3v) is 5.81. The first-order chi connectivity index (χ1) is 14.0. The van der Waals surface area contributed by atoms with Gasteiger partial charge in [-0.2, -0.15) is 8.78 Å². The van der Waals surface area contributed by atoms with Gasteiger partial charge >= 0.3 is 6.55 Å². The van der Waals surface area contributed by atoms with Crippen molar-refractivity contribution in [3.8, 4) is 0 Å². The molecule has 0 saturated carbocycles. The molecule has 0 fully saturated rings. The number of aromatic nitrogens is 2. The highest BCUT2D eigenvalue weighted by molar-refractivity contribution is 6.37. The van der Waals surface area contributed by atoms with E-state index in [-0.39, 0.29) is 33.2 Å². The van der Waals surface area contributed by atoms with E-state index < -0.39 is 6.55 Å². The molecule has 3 aromatic rings. The molecule has 0 bridgehead atoms. The number of benzene rings is 1. The van der Waals surface area contributed by atoms with E-state index in [9.17, 15) is 8.78 Å². The van der Waals surface area contributed by atoms with Crippen LogP contribution in [0.15, 0.2) is 48.6 Å². The van der Waals surface area contributed by atoms with Crippen molar-refractivity contribution in [2.24, 2.45) is 5.73 Å². The zero-order valence-corrected chi connectivity index (χ0v) is 17.0. The van der Waals surface area contributed by atoms with E-state index in [1.807, 2.05) is 42.5 Å². The van der Waals surface area contributed by atoms with Crippen LogP contribution in [0.3, 0.4) is 0 Å². The number of nitrogens with zero attached hydrogens (tertiary/aromatic N) is 2. The topological polar surface area (TPSA) is 55.9 Å². The van der Waals surface area contributed by atoms with Gasteiger partial charge in [-0.05, 0) is 18.4 Å². The second-order valence-corrected chi connectivity index (χ2v) is 7.85. The lowest BCUT2D eigenvalue weighted by molar-refractivity contribution is 0.0707. The zero-order chi connectivity index (χ0) is 20.5. The highest BCUT2D eigenvalue weighted by Crippen LogP contribution is 2.44. The Kier molecular flexibility index (Phi) is 5.76. The Morgan fingerprint density at radius 1 is 1.17 bits per heavy atom. The molecule has 3 N–H and O–H groups in total. The van der Waals surface area contributed by atoms with Crippen LogP contribution in [0.25, 0.3) is 11.0 Å². The average molecular weight is 437 g/mol. The van der Waals surface area contributed by atoms with Crippen LogP contribution in [0.2, 0.25) is 10.2 Å². The number of nitrogens with two attached hydrogens (primary N) is 1. The second-order valence-electron chi connectivity index (χ2n) is 7.09. The van der Waals surface area contributed by atoms with Crippen LogP contribution in [-0.2, 0) is 6.54 Å². The maximum absolute atomic E-state index is 14.3. The standard InChI is InChI=1S/C21H20Cl2F2N4/c22-16-10-15(27-11-12-6-2-1-3-7-12)20-18(28-16)17(23)19(29(20)21(24)25)13-8-4-5-9-14(13)26/h1-7,10,13-14,21H,8-9,11,26H2,(H,27,28)/t13-,14-/m1/s1. The molecular formula is C21H20Cl2F2N4. The van der Waals surface area contributed by atoms with Crippen LogP contribution in [0.4, 0.5) is 14.5 Å². The predicted molar refractivity (Wildman–Crippen MR) is 114 cm³/mol. The molecule has 0 amide bonds. The monoisotopic (exact) mass is 436 g/mol. The van der Waals surface area contributed by atoms with Crippen molar-refractivity contribution >= 4 is 39.9 Å². The molecule has 1 aliphatic rings. The Hall–Kier alpha value is -2.15. The molecule has 2 aromatic heterocycles. The lowest BCUT2D eigenvalue weighted by Gasteiger charge is -2.27. The summed E-state index contributed by atoms with van der Waals surface area (Å²) in [6.45, 7) is -2.35. The van der Waals surface area contributed by atoms with Crippen molar-refractivity contribution in [3.63, 3.8) is 0 Å². The molecule has 29 heavy (non-hydrogen) atoms. The fourth-order valence-corrected chi connectivity index (χ4v) is 4.43. The highest BCUT2D eigenvalue weighted by atomic mass is 35.5.